The van der Waals surface area contributed by atoms with Crippen LogP contribution in [-0.2, 0) is 19.1 Å². The minimum Gasteiger partial charge on any atom is -0.462 e. The summed E-state index contributed by atoms with van der Waals surface area (Å²) in [5.41, 5.74) is 2.73. The summed E-state index contributed by atoms with van der Waals surface area (Å²) in [4.78, 5) is 28.7. The maximum atomic E-state index is 12.0. The first-order valence-electron chi connectivity index (χ1n) is 8.90. The van der Waals surface area contributed by atoms with Crippen molar-refractivity contribution >= 4 is 38.6 Å². The Balaban J connectivity index is 1.92. The molecule has 1 aromatic heterocycles. The van der Waals surface area contributed by atoms with Gasteiger partial charge in [0.25, 0.3) is 0 Å². The molecule has 0 spiro atoms. The molecule has 0 saturated heterocycles. The van der Waals surface area contributed by atoms with Gasteiger partial charge in [-0.1, -0.05) is 53.8 Å². The first-order valence-corrected chi connectivity index (χ1v) is 9.71. The normalized spacial score (nSPS) is 10.4. The van der Waals surface area contributed by atoms with E-state index in [4.69, 9.17) is 9.47 Å². The number of carbonyl (C=O) groups excluding carboxylic acids is 2. The average Bonchev–Trinajstić information content (AvgIpc) is 3.12. The van der Waals surface area contributed by atoms with Crippen LogP contribution in [0.5, 0.6) is 0 Å². The standard InChI is InChI=1S/C21H20N2O4S/c1-3-26-19(24)16(20(25)27-4-2)13-22-21-23-18-15(11-8-12-17(18)28-21)14-9-6-5-7-10-14/h5-13H,3-4H2,1-2H3,(H,22,23). The Morgan fingerprint density at radius 1 is 1.00 bits per heavy atom. The van der Waals surface area contributed by atoms with Crippen molar-refractivity contribution in [1.82, 2.24) is 4.98 Å². The van der Waals surface area contributed by atoms with Crippen molar-refractivity contribution in [2.24, 2.45) is 0 Å². The van der Waals surface area contributed by atoms with E-state index in [1.165, 1.54) is 17.5 Å². The largest absolute Gasteiger partial charge is 0.462 e. The lowest BCUT2D eigenvalue weighted by molar-refractivity contribution is -0.146. The van der Waals surface area contributed by atoms with Gasteiger partial charge in [-0.3, -0.25) is 0 Å². The van der Waals surface area contributed by atoms with Gasteiger partial charge in [-0.05, 0) is 25.5 Å². The highest BCUT2D eigenvalue weighted by molar-refractivity contribution is 7.22. The van der Waals surface area contributed by atoms with Crippen LogP contribution in [0.15, 0.2) is 60.3 Å². The molecule has 1 heterocycles. The topological polar surface area (TPSA) is 77.5 Å². The molecule has 144 valence electrons. The highest BCUT2D eigenvalue weighted by atomic mass is 32.1. The van der Waals surface area contributed by atoms with E-state index in [1.807, 2.05) is 48.5 Å². The third kappa shape index (κ3) is 4.37. The van der Waals surface area contributed by atoms with E-state index in [9.17, 15) is 9.59 Å². The maximum absolute atomic E-state index is 12.0. The third-order valence-electron chi connectivity index (χ3n) is 3.83. The Hall–Kier alpha value is -3.19. The molecule has 7 heteroatoms. The molecule has 0 fully saturated rings. The molecule has 2 aromatic carbocycles. The van der Waals surface area contributed by atoms with Gasteiger partial charge in [0.2, 0.25) is 0 Å². The lowest BCUT2D eigenvalue weighted by atomic mass is 10.1. The van der Waals surface area contributed by atoms with E-state index in [1.54, 1.807) is 13.8 Å². The van der Waals surface area contributed by atoms with Crippen molar-refractivity contribution in [3.8, 4) is 11.1 Å². The second-order valence-electron chi connectivity index (χ2n) is 5.68. The maximum Gasteiger partial charge on any atom is 0.347 e. The Morgan fingerprint density at radius 3 is 2.32 bits per heavy atom. The number of fused-ring (bicyclic) bond motifs is 1. The quantitative estimate of drug-likeness (QED) is 0.276. The molecule has 0 aliphatic carbocycles. The first kappa shape index (κ1) is 19.6. The van der Waals surface area contributed by atoms with Crippen LogP contribution in [0.4, 0.5) is 5.13 Å². The molecule has 0 aliphatic rings. The van der Waals surface area contributed by atoms with Gasteiger partial charge in [0.15, 0.2) is 10.7 Å². The number of rotatable bonds is 7. The lowest BCUT2D eigenvalue weighted by Crippen LogP contribution is -2.19. The summed E-state index contributed by atoms with van der Waals surface area (Å²) in [6, 6.07) is 16.0. The Kier molecular flexibility index (Phi) is 6.39. The highest BCUT2D eigenvalue weighted by Gasteiger charge is 2.21. The van der Waals surface area contributed by atoms with Gasteiger partial charge in [0, 0.05) is 11.8 Å². The number of aromatic nitrogens is 1. The Labute approximate surface area is 166 Å². The van der Waals surface area contributed by atoms with Crippen LogP contribution in [0, 0.1) is 0 Å². The molecule has 0 bridgehead atoms. The fraction of sp³-hybridized carbons (Fsp3) is 0.190. The van der Waals surface area contributed by atoms with Crippen LogP contribution in [0.1, 0.15) is 13.8 Å². The van der Waals surface area contributed by atoms with Crippen molar-refractivity contribution in [3.05, 3.63) is 60.3 Å². The van der Waals surface area contributed by atoms with Gasteiger partial charge < -0.3 is 14.8 Å². The van der Waals surface area contributed by atoms with E-state index >= 15 is 0 Å². The lowest BCUT2D eigenvalue weighted by Gasteiger charge is -2.06. The van der Waals surface area contributed by atoms with Gasteiger partial charge in [-0.15, -0.1) is 0 Å². The van der Waals surface area contributed by atoms with Gasteiger partial charge in [-0.2, -0.15) is 0 Å². The molecule has 3 aromatic rings. The summed E-state index contributed by atoms with van der Waals surface area (Å²) in [5.74, 6) is -1.47. The number of thiazole rings is 1. The van der Waals surface area contributed by atoms with Gasteiger partial charge in [0.1, 0.15) is 0 Å². The summed E-state index contributed by atoms with van der Waals surface area (Å²) >= 11 is 1.43. The van der Waals surface area contributed by atoms with E-state index in [0.717, 1.165) is 21.3 Å². The molecule has 0 atom stereocenters. The number of esters is 2. The van der Waals surface area contributed by atoms with Crippen LogP contribution >= 0.6 is 11.3 Å². The second kappa shape index (κ2) is 9.14. The van der Waals surface area contributed by atoms with Crippen molar-refractivity contribution in [2.45, 2.75) is 13.8 Å². The summed E-state index contributed by atoms with van der Waals surface area (Å²) in [6.45, 7) is 3.67. The fourth-order valence-corrected chi connectivity index (χ4v) is 3.48. The predicted octanol–water partition coefficient (Wildman–Crippen LogP) is 4.39. The Bertz CT molecular complexity index is 992. The third-order valence-corrected chi connectivity index (χ3v) is 4.79. The number of nitrogens with zero attached hydrogens (tertiary/aromatic N) is 1. The molecule has 3 rings (SSSR count). The zero-order valence-electron chi connectivity index (χ0n) is 15.6. The number of ether oxygens (including phenoxy) is 2. The van der Waals surface area contributed by atoms with Crippen LogP contribution < -0.4 is 5.32 Å². The SMILES string of the molecule is CCOC(=O)C(=CNc1nc2c(-c3ccccc3)cccc2s1)C(=O)OCC. The number of nitrogens with one attached hydrogen (secondary N) is 1. The van der Waals surface area contributed by atoms with E-state index in [2.05, 4.69) is 10.3 Å². The zero-order valence-corrected chi connectivity index (χ0v) is 16.4. The van der Waals surface area contributed by atoms with Gasteiger partial charge >= 0.3 is 11.9 Å². The van der Waals surface area contributed by atoms with Crippen molar-refractivity contribution in [2.75, 3.05) is 18.5 Å². The van der Waals surface area contributed by atoms with Crippen LogP contribution in [0.3, 0.4) is 0 Å². The summed E-state index contributed by atoms with van der Waals surface area (Å²) in [6.07, 6.45) is 1.29. The molecule has 0 unspecified atom stereocenters. The first-order chi connectivity index (χ1) is 13.6. The van der Waals surface area contributed by atoms with Crippen LogP contribution in [0.25, 0.3) is 21.3 Å². The smallest absolute Gasteiger partial charge is 0.347 e. The minimum absolute atomic E-state index is 0.164. The summed E-state index contributed by atoms with van der Waals surface area (Å²) in [7, 11) is 0. The van der Waals surface area contributed by atoms with Gasteiger partial charge in [0.05, 0.1) is 23.4 Å². The Morgan fingerprint density at radius 2 is 1.68 bits per heavy atom. The number of para-hydroxylation sites is 1. The van der Waals surface area contributed by atoms with E-state index in [-0.39, 0.29) is 18.8 Å². The van der Waals surface area contributed by atoms with E-state index in [0.29, 0.717) is 5.13 Å². The monoisotopic (exact) mass is 396 g/mol. The number of hydrogen-bond donors (Lipinski definition) is 1. The van der Waals surface area contributed by atoms with Crippen LogP contribution in [-0.4, -0.2) is 30.1 Å². The number of benzene rings is 2. The molecule has 0 saturated carbocycles. The minimum atomic E-state index is -0.737. The molecule has 0 aliphatic heterocycles. The summed E-state index contributed by atoms with van der Waals surface area (Å²) < 4.78 is 10.9. The molecular weight excluding hydrogens is 376 g/mol. The van der Waals surface area contributed by atoms with Crippen molar-refractivity contribution < 1.29 is 19.1 Å². The highest BCUT2D eigenvalue weighted by Crippen LogP contribution is 2.33. The second-order valence-corrected chi connectivity index (χ2v) is 6.71. The predicted molar refractivity (Wildman–Crippen MR) is 110 cm³/mol. The molecular formula is C21H20N2O4S. The molecule has 0 radical (unpaired) electrons. The zero-order chi connectivity index (χ0) is 19.9. The number of hydrogen-bond acceptors (Lipinski definition) is 7. The van der Waals surface area contributed by atoms with Crippen molar-refractivity contribution in [1.29, 1.82) is 0 Å². The molecule has 1 N–H and O–H groups in total. The van der Waals surface area contributed by atoms with E-state index < -0.39 is 11.9 Å². The molecule has 0 amide bonds. The molecule has 6 nitrogen and oxygen atoms in total. The fourth-order valence-electron chi connectivity index (χ4n) is 2.61. The number of carbonyl (C=O) groups is 2. The average molecular weight is 396 g/mol. The van der Waals surface area contributed by atoms with Crippen LogP contribution in [0.2, 0.25) is 0 Å². The molecule has 28 heavy (non-hydrogen) atoms. The van der Waals surface area contributed by atoms with Crippen molar-refractivity contribution in [3.63, 3.8) is 0 Å². The van der Waals surface area contributed by atoms with Gasteiger partial charge in [-0.25, -0.2) is 14.6 Å². The number of anilines is 1. The summed E-state index contributed by atoms with van der Waals surface area (Å²) in [5, 5.41) is 3.49.